The molecule has 1 aliphatic rings. The molecule has 2 N–H and O–H groups in total. The maximum absolute atomic E-state index is 12.9. The average molecular weight is 424 g/mol. The Labute approximate surface area is 182 Å². The molecule has 0 radical (unpaired) electrons. The number of ether oxygens (including phenoxy) is 2. The number of Topliss-reactive ketones (excluding diaryl/α,β-unsaturated/α-hetero) is 2. The Bertz CT molecular complexity index is 1010. The summed E-state index contributed by atoms with van der Waals surface area (Å²) in [6, 6.07) is 14.6. The van der Waals surface area contributed by atoms with Gasteiger partial charge < -0.3 is 19.9 Å². The number of allylic oxidation sites excluding steroid dienone is 1. The number of hydrogen-bond acceptors (Lipinski definition) is 6. The molecule has 3 rings (SSSR count). The monoisotopic (exact) mass is 423 g/mol. The van der Waals surface area contributed by atoms with Gasteiger partial charge in [-0.15, -0.1) is 0 Å². The first-order valence-electron chi connectivity index (χ1n) is 10.2. The first-order chi connectivity index (χ1) is 14.7. The SMILES string of the molecule is COc1ccc(NC2=C(C(C)=O)[C@H](c3cccc(OC)c3)[C@H](C(C)=O)[C@](C)(O)C2)cc1. The van der Waals surface area contributed by atoms with E-state index in [1.807, 2.05) is 42.5 Å². The number of carbonyl (C=O) groups is 2. The third-order valence-electron chi connectivity index (χ3n) is 5.83. The van der Waals surface area contributed by atoms with Crippen LogP contribution in [0.2, 0.25) is 0 Å². The highest BCUT2D eigenvalue weighted by Gasteiger charge is 2.49. The summed E-state index contributed by atoms with van der Waals surface area (Å²) in [5, 5.41) is 14.6. The summed E-state index contributed by atoms with van der Waals surface area (Å²) < 4.78 is 10.6. The molecule has 0 saturated heterocycles. The molecular weight excluding hydrogens is 394 g/mol. The zero-order chi connectivity index (χ0) is 22.8. The number of benzene rings is 2. The Kier molecular flexibility index (Phi) is 6.51. The molecule has 0 fully saturated rings. The van der Waals surface area contributed by atoms with E-state index in [1.54, 1.807) is 27.2 Å². The number of methoxy groups -OCH3 is 2. The largest absolute Gasteiger partial charge is 0.497 e. The zero-order valence-corrected chi connectivity index (χ0v) is 18.6. The fraction of sp³-hybridized carbons (Fsp3) is 0.360. The summed E-state index contributed by atoms with van der Waals surface area (Å²) in [6.45, 7) is 4.61. The van der Waals surface area contributed by atoms with Crippen LogP contribution in [0, 0.1) is 5.92 Å². The van der Waals surface area contributed by atoms with Crippen LogP contribution in [0.15, 0.2) is 59.8 Å². The van der Waals surface area contributed by atoms with Crippen LogP contribution in [0.5, 0.6) is 11.5 Å². The Morgan fingerprint density at radius 1 is 1.03 bits per heavy atom. The van der Waals surface area contributed by atoms with Gasteiger partial charge in [0, 0.05) is 29.3 Å². The number of ketones is 2. The number of aliphatic hydroxyl groups is 1. The van der Waals surface area contributed by atoms with Crippen LogP contribution in [-0.4, -0.2) is 36.5 Å². The predicted molar refractivity (Wildman–Crippen MR) is 119 cm³/mol. The van der Waals surface area contributed by atoms with E-state index in [9.17, 15) is 14.7 Å². The van der Waals surface area contributed by atoms with Crippen LogP contribution in [0.25, 0.3) is 0 Å². The van der Waals surface area contributed by atoms with Crippen LogP contribution in [0.4, 0.5) is 5.69 Å². The third-order valence-corrected chi connectivity index (χ3v) is 5.83. The number of anilines is 1. The van der Waals surface area contributed by atoms with E-state index in [1.165, 1.54) is 13.8 Å². The standard InChI is InChI=1S/C25H29NO5/c1-15(27)22-21(26-18-9-11-19(30-4)12-10-18)14-25(3,29)24(16(2)28)23(22)17-7-6-8-20(13-17)31-5/h6-13,23-24,26,29H,14H2,1-5H3/t23-,24-,25+/m0/s1. The van der Waals surface area contributed by atoms with Crippen molar-refractivity contribution in [1.29, 1.82) is 0 Å². The summed E-state index contributed by atoms with van der Waals surface area (Å²) in [5.41, 5.74) is 1.27. The fourth-order valence-corrected chi connectivity index (χ4v) is 4.53. The molecule has 6 heteroatoms. The smallest absolute Gasteiger partial charge is 0.158 e. The van der Waals surface area contributed by atoms with Gasteiger partial charge in [-0.05, 0) is 62.7 Å². The number of nitrogens with one attached hydrogen (secondary N) is 1. The Morgan fingerprint density at radius 3 is 2.23 bits per heavy atom. The molecule has 0 heterocycles. The maximum atomic E-state index is 12.9. The third kappa shape index (κ3) is 4.64. The van der Waals surface area contributed by atoms with Gasteiger partial charge in [0.25, 0.3) is 0 Å². The summed E-state index contributed by atoms with van der Waals surface area (Å²) in [5.74, 6) is -0.342. The summed E-state index contributed by atoms with van der Waals surface area (Å²) in [6.07, 6.45) is 0.151. The van der Waals surface area contributed by atoms with Crippen molar-refractivity contribution in [2.24, 2.45) is 5.92 Å². The first-order valence-corrected chi connectivity index (χ1v) is 10.2. The van der Waals surface area contributed by atoms with Gasteiger partial charge >= 0.3 is 0 Å². The maximum Gasteiger partial charge on any atom is 0.158 e. The normalized spacial score (nSPS) is 23.3. The van der Waals surface area contributed by atoms with E-state index in [2.05, 4.69) is 5.32 Å². The van der Waals surface area contributed by atoms with Crippen molar-refractivity contribution in [3.63, 3.8) is 0 Å². The summed E-state index contributed by atoms with van der Waals surface area (Å²) in [7, 11) is 3.16. The van der Waals surface area contributed by atoms with Crippen molar-refractivity contribution in [2.45, 2.75) is 38.7 Å². The van der Waals surface area contributed by atoms with Crippen molar-refractivity contribution < 1.29 is 24.2 Å². The number of hydrogen-bond donors (Lipinski definition) is 2. The second kappa shape index (κ2) is 8.94. The van der Waals surface area contributed by atoms with Crippen LogP contribution in [0.1, 0.15) is 38.7 Å². The molecule has 0 bridgehead atoms. The Morgan fingerprint density at radius 2 is 1.68 bits per heavy atom. The van der Waals surface area contributed by atoms with E-state index in [4.69, 9.17) is 9.47 Å². The molecule has 3 atom stereocenters. The zero-order valence-electron chi connectivity index (χ0n) is 18.6. The average Bonchev–Trinajstić information content (AvgIpc) is 2.72. The van der Waals surface area contributed by atoms with Crippen molar-refractivity contribution in [1.82, 2.24) is 0 Å². The van der Waals surface area contributed by atoms with E-state index in [0.717, 1.165) is 11.3 Å². The van der Waals surface area contributed by atoms with Gasteiger partial charge in [0.2, 0.25) is 0 Å². The minimum absolute atomic E-state index is 0.148. The van der Waals surface area contributed by atoms with E-state index < -0.39 is 17.4 Å². The molecule has 6 nitrogen and oxygen atoms in total. The van der Waals surface area contributed by atoms with Crippen LogP contribution in [-0.2, 0) is 9.59 Å². The first kappa shape index (κ1) is 22.6. The van der Waals surface area contributed by atoms with Crippen LogP contribution >= 0.6 is 0 Å². The van der Waals surface area contributed by atoms with Gasteiger partial charge in [0.1, 0.15) is 17.3 Å². The lowest BCUT2D eigenvalue weighted by Gasteiger charge is -2.43. The molecule has 0 aromatic heterocycles. The quantitative estimate of drug-likeness (QED) is 0.697. The van der Waals surface area contributed by atoms with E-state index in [0.29, 0.717) is 22.8 Å². The molecule has 0 amide bonds. The molecular formula is C25H29NO5. The van der Waals surface area contributed by atoms with Crippen molar-refractivity contribution >= 4 is 17.3 Å². The fourth-order valence-electron chi connectivity index (χ4n) is 4.53. The highest BCUT2D eigenvalue weighted by molar-refractivity contribution is 5.98. The van der Waals surface area contributed by atoms with Gasteiger partial charge in [0.05, 0.1) is 25.7 Å². The summed E-state index contributed by atoms with van der Waals surface area (Å²) >= 11 is 0. The second-order valence-corrected chi connectivity index (χ2v) is 8.18. The van der Waals surface area contributed by atoms with Crippen LogP contribution < -0.4 is 14.8 Å². The lowest BCUT2D eigenvalue weighted by Crippen LogP contribution is -2.48. The van der Waals surface area contributed by atoms with Crippen molar-refractivity contribution in [2.75, 3.05) is 19.5 Å². The Hall–Kier alpha value is -3.12. The number of carbonyl (C=O) groups excluding carboxylic acids is 2. The molecule has 2 aromatic rings. The molecule has 31 heavy (non-hydrogen) atoms. The van der Waals surface area contributed by atoms with Gasteiger partial charge in [-0.3, -0.25) is 9.59 Å². The predicted octanol–water partition coefficient (Wildman–Crippen LogP) is 4.10. The van der Waals surface area contributed by atoms with E-state index in [-0.39, 0.29) is 18.0 Å². The summed E-state index contributed by atoms with van der Waals surface area (Å²) in [4.78, 5) is 25.6. The highest BCUT2D eigenvalue weighted by atomic mass is 16.5. The van der Waals surface area contributed by atoms with Gasteiger partial charge in [0.15, 0.2) is 5.78 Å². The molecule has 164 valence electrons. The highest BCUT2D eigenvalue weighted by Crippen LogP contribution is 2.48. The van der Waals surface area contributed by atoms with Crippen LogP contribution in [0.3, 0.4) is 0 Å². The molecule has 0 spiro atoms. The second-order valence-electron chi connectivity index (χ2n) is 8.18. The lowest BCUT2D eigenvalue weighted by molar-refractivity contribution is -0.131. The lowest BCUT2D eigenvalue weighted by atomic mass is 9.64. The molecule has 2 aromatic carbocycles. The molecule has 0 aliphatic heterocycles. The Balaban J connectivity index is 2.18. The van der Waals surface area contributed by atoms with Gasteiger partial charge in [-0.1, -0.05) is 12.1 Å². The minimum Gasteiger partial charge on any atom is -0.497 e. The van der Waals surface area contributed by atoms with Crippen molar-refractivity contribution in [3.8, 4) is 11.5 Å². The minimum atomic E-state index is -1.34. The van der Waals surface area contributed by atoms with Gasteiger partial charge in [-0.25, -0.2) is 0 Å². The van der Waals surface area contributed by atoms with E-state index >= 15 is 0 Å². The number of rotatable bonds is 7. The van der Waals surface area contributed by atoms with Crippen molar-refractivity contribution in [3.05, 3.63) is 65.4 Å². The molecule has 0 unspecified atom stereocenters. The topological polar surface area (TPSA) is 84.9 Å². The molecule has 1 aliphatic carbocycles. The molecule has 0 saturated carbocycles. The van der Waals surface area contributed by atoms with Gasteiger partial charge in [-0.2, -0.15) is 0 Å².